The van der Waals surface area contributed by atoms with Crippen LogP contribution in [0.1, 0.15) is 19.8 Å². The third-order valence-electron chi connectivity index (χ3n) is 1.19. The quantitative estimate of drug-likeness (QED) is 0.563. The molecule has 0 aliphatic rings. The van der Waals surface area contributed by atoms with Crippen LogP contribution in [0.15, 0.2) is 0 Å². The molecular formula is C6H13N2O. The Labute approximate surface area is 55.8 Å². The number of hydrogen-bond acceptors (Lipinski definition) is 1. The molecule has 3 heteroatoms. The molecule has 1 radical (unpaired) electrons. The molecule has 2 amide bonds. The molecule has 3 nitrogen and oxygen atoms in total. The summed E-state index contributed by atoms with van der Waals surface area (Å²) in [5.74, 6) is 0. The highest BCUT2D eigenvalue weighted by molar-refractivity contribution is 5.70. The van der Waals surface area contributed by atoms with Gasteiger partial charge in [-0.3, -0.25) is 0 Å². The number of unbranched alkanes of at least 4 members (excludes halogenated alkanes) is 1. The van der Waals surface area contributed by atoms with Gasteiger partial charge in [-0.25, -0.2) is 10.5 Å². The molecule has 0 atom stereocenters. The number of urea groups is 1. The van der Waals surface area contributed by atoms with Crippen LogP contribution in [0.4, 0.5) is 4.79 Å². The van der Waals surface area contributed by atoms with Crippen LogP contribution in [0.5, 0.6) is 0 Å². The molecule has 0 saturated heterocycles. The van der Waals surface area contributed by atoms with E-state index in [0.29, 0.717) is 6.54 Å². The van der Waals surface area contributed by atoms with Crippen LogP contribution < -0.4 is 5.73 Å². The van der Waals surface area contributed by atoms with Gasteiger partial charge in [-0.05, 0) is 6.42 Å². The highest BCUT2D eigenvalue weighted by atomic mass is 16.2. The molecule has 53 valence electrons. The number of carbonyl (C=O) groups excluding carboxylic acids is 1. The molecule has 0 bridgehead atoms. The van der Waals surface area contributed by atoms with E-state index in [0.717, 1.165) is 12.8 Å². The SMILES string of the molecule is CCCCN(C)C([NH])=O. The number of nitrogens with one attached hydrogen (secondary N) is 1. The summed E-state index contributed by atoms with van der Waals surface area (Å²) in [5, 5.41) is 0. The summed E-state index contributed by atoms with van der Waals surface area (Å²) in [5.41, 5.74) is 6.65. The van der Waals surface area contributed by atoms with Crippen LogP contribution in [-0.4, -0.2) is 24.5 Å². The van der Waals surface area contributed by atoms with Crippen molar-refractivity contribution in [3.05, 3.63) is 0 Å². The molecule has 9 heavy (non-hydrogen) atoms. The van der Waals surface area contributed by atoms with Gasteiger partial charge < -0.3 is 4.90 Å². The topological polar surface area (TPSA) is 44.1 Å². The Kier molecular flexibility index (Phi) is 3.84. The van der Waals surface area contributed by atoms with E-state index in [2.05, 4.69) is 6.92 Å². The zero-order chi connectivity index (χ0) is 7.28. The third-order valence-corrected chi connectivity index (χ3v) is 1.19. The molecular weight excluding hydrogens is 116 g/mol. The molecule has 0 saturated carbocycles. The zero-order valence-electron chi connectivity index (χ0n) is 5.98. The van der Waals surface area contributed by atoms with Crippen LogP contribution >= 0.6 is 0 Å². The first-order valence-corrected chi connectivity index (χ1v) is 3.15. The van der Waals surface area contributed by atoms with Crippen LogP contribution in [0.2, 0.25) is 0 Å². The van der Waals surface area contributed by atoms with Gasteiger partial charge >= 0.3 is 6.03 Å². The summed E-state index contributed by atoms with van der Waals surface area (Å²) >= 11 is 0. The predicted octanol–water partition coefficient (Wildman–Crippen LogP) is 1.12. The Morgan fingerprint density at radius 2 is 2.22 bits per heavy atom. The van der Waals surface area contributed by atoms with Gasteiger partial charge in [-0.2, -0.15) is 0 Å². The summed E-state index contributed by atoms with van der Waals surface area (Å²) in [7, 11) is 1.64. The van der Waals surface area contributed by atoms with E-state index < -0.39 is 6.03 Å². The van der Waals surface area contributed by atoms with Crippen molar-refractivity contribution in [3.8, 4) is 0 Å². The minimum Gasteiger partial charge on any atom is -0.326 e. The minimum absolute atomic E-state index is 0.594. The molecule has 0 heterocycles. The molecule has 0 aliphatic carbocycles. The Hall–Kier alpha value is -0.730. The van der Waals surface area contributed by atoms with Crippen molar-refractivity contribution >= 4 is 6.03 Å². The fourth-order valence-electron chi connectivity index (χ4n) is 0.497. The van der Waals surface area contributed by atoms with Crippen LogP contribution in [0, 0.1) is 0 Å². The van der Waals surface area contributed by atoms with Crippen LogP contribution in [0.3, 0.4) is 0 Å². The van der Waals surface area contributed by atoms with Crippen molar-refractivity contribution < 1.29 is 4.79 Å². The number of carbonyl (C=O) groups is 1. The molecule has 0 aliphatic heterocycles. The zero-order valence-corrected chi connectivity index (χ0v) is 5.98. The molecule has 1 N–H and O–H groups in total. The number of nitrogens with zero attached hydrogens (tertiary/aromatic N) is 1. The van der Waals surface area contributed by atoms with Crippen molar-refractivity contribution in [3.63, 3.8) is 0 Å². The Morgan fingerprint density at radius 1 is 1.67 bits per heavy atom. The number of rotatable bonds is 3. The highest BCUT2D eigenvalue weighted by Gasteiger charge is 2.00. The highest BCUT2D eigenvalue weighted by Crippen LogP contribution is 1.90. The average Bonchev–Trinajstić information content (AvgIpc) is 1.82. The van der Waals surface area contributed by atoms with Gasteiger partial charge in [0.05, 0.1) is 0 Å². The van der Waals surface area contributed by atoms with E-state index in [1.165, 1.54) is 4.90 Å². The summed E-state index contributed by atoms with van der Waals surface area (Å²) in [4.78, 5) is 11.6. The van der Waals surface area contributed by atoms with Gasteiger partial charge in [-0.1, -0.05) is 13.3 Å². The standard InChI is InChI=1S/C6H13N2O/c1-3-4-5-8(2)6(7)9/h7H,3-5H2,1-2H3. The molecule has 0 fully saturated rings. The van der Waals surface area contributed by atoms with Crippen LogP contribution in [-0.2, 0) is 0 Å². The lowest BCUT2D eigenvalue weighted by Gasteiger charge is -2.11. The Morgan fingerprint density at radius 3 is 2.56 bits per heavy atom. The van der Waals surface area contributed by atoms with Gasteiger partial charge in [0.15, 0.2) is 0 Å². The van der Waals surface area contributed by atoms with E-state index in [1.807, 2.05) is 0 Å². The summed E-state index contributed by atoms with van der Waals surface area (Å²) in [6.07, 6.45) is 2.05. The fraction of sp³-hybridized carbons (Fsp3) is 0.833. The first-order chi connectivity index (χ1) is 4.18. The normalized spacial score (nSPS) is 9.11. The maximum Gasteiger partial charge on any atom is 0.335 e. The summed E-state index contributed by atoms with van der Waals surface area (Å²) < 4.78 is 0. The monoisotopic (exact) mass is 129 g/mol. The second-order valence-electron chi connectivity index (χ2n) is 2.08. The Balaban J connectivity index is 3.27. The summed E-state index contributed by atoms with van der Waals surface area (Å²) in [6.45, 7) is 2.76. The van der Waals surface area contributed by atoms with Crippen LogP contribution in [0.25, 0.3) is 0 Å². The second kappa shape index (κ2) is 4.18. The van der Waals surface area contributed by atoms with Crippen molar-refractivity contribution in [2.75, 3.05) is 13.6 Å². The van der Waals surface area contributed by atoms with E-state index in [-0.39, 0.29) is 0 Å². The molecule has 0 unspecified atom stereocenters. The van der Waals surface area contributed by atoms with Gasteiger partial charge in [0.1, 0.15) is 0 Å². The average molecular weight is 129 g/mol. The van der Waals surface area contributed by atoms with E-state index in [9.17, 15) is 4.79 Å². The minimum atomic E-state index is -0.594. The van der Waals surface area contributed by atoms with Gasteiger partial charge in [0, 0.05) is 13.6 Å². The van der Waals surface area contributed by atoms with E-state index in [1.54, 1.807) is 7.05 Å². The van der Waals surface area contributed by atoms with Gasteiger partial charge in [-0.15, -0.1) is 0 Å². The fourth-order valence-corrected chi connectivity index (χ4v) is 0.497. The van der Waals surface area contributed by atoms with Crippen molar-refractivity contribution in [2.24, 2.45) is 0 Å². The summed E-state index contributed by atoms with van der Waals surface area (Å²) in [6, 6.07) is -0.594. The van der Waals surface area contributed by atoms with Crippen molar-refractivity contribution in [2.45, 2.75) is 19.8 Å². The van der Waals surface area contributed by atoms with Gasteiger partial charge in [0.2, 0.25) is 0 Å². The van der Waals surface area contributed by atoms with Crippen molar-refractivity contribution in [1.82, 2.24) is 10.6 Å². The molecule has 0 aromatic rings. The van der Waals surface area contributed by atoms with Crippen molar-refractivity contribution in [1.29, 1.82) is 0 Å². The Bertz CT molecular complexity index is 93.1. The largest absolute Gasteiger partial charge is 0.335 e. The lowest BCUT2D eigenvalue weighted by Crippen LogP contribution is -2.26. The molecule has 0 spiro atoms. The smallest absolute Gasteiger partial charge is 0.326 e. The van der Waals surface area contributed by atoms with E-state index >= 15 is 0 Å². The lowest BCUT2D eigenvalue weighted by atomic mass is 10.3. The molecule has 0 rings (SSSR count). The second-order valence-corrected chi connectivity index (χ2v) is 2.08. The molecule has 0 aromatic heterocycles. The number of hydrogen-bond donors (Lipinski definition) is 0. The molecule has 0 aromatic carbocycles. The third kappa shape index (κ3) is 3.82. The van der Waals surface area contributed by atoms with Gasteiger partial charge in [0.25, 0.3) is 0 Å². The maximum atomic E-state index is 10.2. The number of amides is 2. The maximum absolute atomic E-state index is 10.2. The lowest BCUT2D eigenvalue weighted by molar-refractivity contribution is 0.216. The first kappa shape index (κ1) is 8.27. The predicted molar refractivity (Wildman–Crippen MR) is 36.0 cm³/mol. The van der Waals surface area contributed by atoms with E-state index in [4.69, 9.17) is 5.73 Å². The first-order valence-electron chi connectivity index (χ1n) is 3.15.